The smallest absolute Gasteiger partial charge is 0.332 e. The molecule has 0 amide bonds. The van der Waals surface area contributed by atoms with Crippen LogP contribution in [-0.2, 0) is 9.53 Å². The Kier molecular flexibility index (Phi) is 5.32. The van der Waals surface area contributed by atoms with Crippen molar-refractivity contribution in [2.45, 2.75) is 6.92 Å². The molecule has 2 nitrogen and oxygen atoms in total. The number of carbonyl (C=O) groups is 1. The molecule has 0 radical (unpaired) electrons. The largest absolute Gasteiger partial charge is 0.466 e. The molecular formula is C21H20O2. The number of rotatable bonds is 2. The molecule has 0 fully saturated rings. The van der Waals surface area contributed by atoms with Crippen LogP contribution >= 0.6 is 0 Å². The Bertz CT molecular complexity index is 875. The maximum atomic E-state index is 10.2. The summed E-state index contributed by atoms with van der Waals surface area (Å²) in [4.78, 5) is 10.2. The predicted molar refractivity (Wildman–Crippen MR) is 98.4 cm³/mol. The van der Waals surface area contributed by atoms with Gasteiger partial charge in [-0.2, -0.15) is 0 Å². The van der Waals surface area contributed by atoms with Gasteiger partial charge >= 0.3 is 5.97 Å². The first-order chi connectivity index (χ1) is 11.1. The van der Waals surface area contributed by atoms with Gasteiger partial charge in [0.1, 0.15) is 0 Å². The van der Waals surface area contributed by atoms with Crippen LogP contribution in [0.1, 0.15) is 12.5 Å². The minimum absolute atomic E-state index is 0.347. The molecular weight excluding hydrogens is 284 g/mol. The fraction of sp³-hybridized carbons (Fsp3) is 0.0952. The van der Waals surface area contributed by atoms with E-state index < -0.39 is 0 Å². The summed E-state index contributed by atoms with van der Waals surface area (Å²) in [7, 11) is 1.33. The number of fused-ring (bicyclic) bond motifs is 2. The van der Waals surface area contributed by atoms with Crippen LogP contribution in [0.5, 0.6) is 0 Å². The van der Waals surface area contributed by atoms with E-state index in [-0.39, 0.29) is 5.97 Å². The molecule has 0 aliphatic carbocycles. The Morgan fingerprint density at radius 3 is 2.13 bits per heavy atom. The molecule has 2 heteroatoms. The van der Waals surface area contributed by atoms with Crippen molar-refractivity contribution in [3.8, 4) is 0 Å². The molecule has 0 bridgehead atoms. The van der Waals surface area contributed by atoms with E-state index in [1.54, 1.807) is 6.92 Å². The zero-order valence-electron chi connectivity index (χ0n) is 13.5. The maximum absolute atomic E-state index is 10.2. The second-order valence-electron chi connectivity index (χ2n) is 5.24. The summed E-state index contributed by atoms with van der Waals surface area (Å²) in [5, 5.41) is 5.12. The zero-order valence-corrected chi connectivity index (χ0v) is 13.5. The lowest BCUT2D eigenvalue weighted by Gasteiger charge is -2.04. The summed E-state index contributed by atoms with van der Waals surface area (Å²) in [5.74, 6) is -0.347. The lowest BCUT2D eigenvalue weighted by atomic mass is 10.00. The summed E-state index contributed by atoms with van der Waals surface area (Å²) >= 11 is 0. The molecule has 0 saturated carbocycles. The normalized spacial score (nSPS) is 9.83. The monoisotopic (exact) mass is 304 g/mol. The van der Waals surface area contributed by atoms with Gasteiger partial charge in [0.2, 0.25) is 0 Å². The summed E-state index contributed by atoms with van der Waals surface area (Å²) in [6, 6.07) is 19.2. The number of methoxy groups -OCH3 is 1. The highest BCUT2D eigenvalue weighted by Gasteiger charge is 2.00. The number of benzene rings is 3. The van der Waals surface area contributed by atoms with Crippen molar-refractivity contribution in [1.82, 2.24) is 0 Å². The maximum Gasteiger partial charge on any atom is 0.332 e. The number of carbonyl (C=O) groups excluding carboxylic acids is 1. The number of ether oxygens (including phenoxy) is 1. The van der Waals surface area contributed by atoms with Gasteiger partial charge in [-0.3, -0.25) is 0 Å². The summed E-state index contributed by atoms with van der Waals surface area (Å²) in [6.45, 7) is 8.82. The van der Waals surface area contributed by atoms with Gasteiger partial charge in [-0.1, -0.05) is 61.7 Å². The SMILES string of the molecule is C=C(C)C(=O)OC.C=Cc1cccc2cc3ccccc3cc12. The van der Waals surface area contributed by atoms with Crippen LogP contribution in [0.25, 0.3) is 27.6 Å². The third-order valence-electron chi connectivity index (χ3n) is 3.53. The number of hydrogen-bond donors (Lipinski definition) is 0. The molecule has 0 aliphatic heterocycles. The van der Waals surface area contributed by atoms with Crippen LogP contribution < -0.4 is 0 Å². The molecule has 23 heavy (non-hydrogen) atoms. The third-order valence-corrected chi connectivity index (χ3v) is 3.53. The number of esters is 1. The van der Waals surface area contributed by atoms with Gasteiger partial charge in [0.05, 0.1) is 7.11 Å². The molecule has 0 N–H and O–H groups in total. The van der Waals surface area contributed by atoms with E-state index >= 15 is 0 Å². The van der Waals surface area contributed by atoms with Gasteiger partial charge in [-0.05, 0) is 46.2 Å². The van der Waals surface area contributed by atoms with Gasteiger partial charge in [-0.15, -0.1) is 0 Å². The predicted octanol–water partition coefficient (Wildman–Crippen LogP) is 5.37. The van der Waals surface area contributed by atoms with Gasteiger partial charge in [-0.25, -0.2) is 4.79 Å². The van der Waals surface area contributed by atoms with Crippen LogP contribution in [0.2, 0.25) is 0 Å². The summed E-state index contributed by atoms with van der Waals surface area (Å²) < 4.78 is 4.27. The third kappa shape index (κ3) is 3.86. The van der Waals surface area contributed by atoms with Crippen LogP contribution in [0.3, 0.4) is 0 Å². The van der Waals surface area contributed by atoms with Crippen molar-refractivity contribution < 1.29 is 9.53 Å². The van der Waals surface area contributed by atoms with Crippen LogP contribution in [0.15, 0.2) is 73.3 Å². The first-order valence-corrected chi connectivity index (χ1v) is 7.34. The fourth-order valence-corrected chi connectivity index (χ4v) is 2.34. The standard InChI is InChI=1S/C16H12.C5H8O2/c1-2-12-8-5-9-15-10-13-6-3-4-7-14(13)11-16(12)15;1-4(2)5(6)7-3/h2-11H,1H2;1H2,2-3H3. The van der Waals surface area contributed by atoms with E-state index in [9.17, 15) is 4.79 Å². The molecule has 0 unspecified atom stereocenters. The van der Waals surface area contributed by atoms with Crippen LogP contribution in [-0.4, -0.2) is 13.1 Å². The Hall–Kier alpha value is -2.87. The highest BCUT2D eigenvalue weighted by molar-refractivity contribution is 6.01. The van der Waals surface area contributed by atoms with E-state index in [0.29, 0.717) is 5.57 Å². The molecule has 0 aromatic heterocycles. The van der Waals surface area contributed by atoms with E-state index in [1.165, 1.54) is 34.2 Å². The highest BCUT2D eigenvalue weighted by atomic mass is 16.5. The fourth-order valence-electron chi connectivity index (χ4n) is 2.34. The molecule has 0 spiro atoms. The van der Waals surface area contributed by atoms with Gasteiger partial charge in [0.15, 0.2) is 0 Å². The minimum Gasteiger partial charge on any atom is -0.466 e. The lowest BCUT2D eigenvalue weighted by molar-refractivity contribution is -0.136. The van der Waals surface area contributed by atoms with Gasteiger partial charge in [0.25, 0.3) is 0 Å². The summed E-state index contributed by atoms with van der Waals surface area (Å²) in [5.41, 5.74) is 1.63. The van der Waals surface area contributed by atoms with Crippen molar-refractivity contribution >= 4 is 33.6 Å². The lowest BCUT2D eigenvalue weighted by Crippen LogP contribution is -1.98. The first kappa shape index (κ1) is 16.5. The number of hydrogen-bond acceptors (Lipinski definition) is 2. The van der Waals surface area contributed by atoms with Gasteiger partial charge < -0.3 is 4.74 Å². The molecule has 3 rings (SSSR count). The average Bonchev–Trinajstić information content (AvgIpc) is 2.59. The van der Waals surface area contributed by atoms with E-state index in [4.69, 9.17) is 0 Å². The quantitative estimate of drug-likeness (QED) is 0.361. The second-order valence-corrected chi connectivity index (χ2v) is 5.24. The minimum atomic E-state index is -0.347. The Morgan fingerprint density at radius 2 is 1.61 bits per heavy atom. The van der Waals surface area contributed by atoms with E-state index in [0.717, 1.165) is 0 Å². The second kappa shape index (κ2) is 7.41. The van der Waals surface area contributed by atoms with Crippen molar-refractivity contribution in [3.05, 3.63) is 78.9 Å². The van der Waals surface area contributed by atoms with Crippen molar-refractivity contribution in [2.75, 3.05) is 7.11 Å². The Labute approximate surface area is 136 Å². The summed E-state index contributed by atoms with van der Waals surface area (Å²) in [6.07, 6.45) is 1.91. The molecule has 116 valence electrons. The molecule has 3 aromatic carbocycles. The topological polar surface area (TPSA) is 26.3 Å². The molecule has 0 aliphatic rings. The molecule has 0 saturated heterocycles. The van der Waals surface area contributed by atoms with Crippen LogP contribution in [0.4, 0.5) is 0 Å². The molecule has 0 heterocycles. The molecule has 0 atom stereocenters. The van der Waals surface area contributed by atoms with E-state index in [1.807, 2.05) is 6.08 Å². The zero-order chi connectivity index (χ0) is 16.8. The van der Waals surface area contributed by atoms with Crippen molar-refractivity contribution in [2.24, 2.45) is 0 Å². The van der Waals surface area contributed by atoms with Gasteiger partial charge in [0, 0.05) is 5.57 Å². The van der Waals surface area contributed by atoms with E-state index in [2.05, 4.69) is 72.5 Å². The molecule has 3 aromatic rings. The Morgan fingerprint density at radius 1 is 1.00 bits per heavy atom. The highest BCUT2D eigenvalue weighted by Crippen LogP contribution is 2.25. The van der Waals surface area contributed by atoms with Crippen molar-refractivity contribution in [1.29, 1.82) is 0 Å². The average molecular weight is 304 g/mol. The first-order valence-electron chi connectivity index (χ1n) is 7.34. The van der Waals surface area contributed by atoms with Crippen molar-refractivity contribution in [3.63, 3.8) is 0 Å². The Balaban J connectivity index is 0.000000236. The van der Waals surface area contributed by atoms with Crippen LogP contribution in [0, 0.1) is 0 Å².